The van der Waals surface area contributed by atoms with Gasteiger partial charge in [0.25, 0.3) is 0 Å². The van der Waals surface area contributed by atoms with Gasteiger partial charge in [0, 0.05) is 0 Å². The molecule has 5 nitrogen and oxygen atoms in total. The van der Waals surface area contributed by atoms with Crippen LogP contribution in [-0.4, -0.2) is 6.15 Å². The van der Waals surface area contributed by atoms with E-state index in [1.54, 1.807) is 0 Å². The van der Waals surface area contributed by atoms with Crippen molar-refractivity contribution in [2.45, 2.75) is 0 Å². The molecule has 0 rings (SSSR count). The van der Waals surface area contributed by atoms with Crippen LogP contribution < -0.4 is 0 Å². The highest BCUT2D eigenvalue weighted by atomic mass is 16.4. The Balaban J connectivity index is 0. The maximum Gasteiger partial charge on any atom is 0.373 e. The number of rotatable bonds is 0. The van der Waals surface area contributed by atoms with E-state index in [1.807, 2.05) is 0 Å². The number of nitrogens with zero attached hydrogens (tertiary/aromatic N) is 2. The van der Waals surface area contributed by atoms with Gasteiger partial charge < -0.3 is 5.21 Å². The van der Waals surface area contributed by atoms with Crippen molar-refractivity contribution in [2.75, 3.05) is 0 Å². The lowest BCUT2D eigenvalue weighted by Gasteiger charge is -1.26. The molecule has 0 saturated heterocycles. The molecule has 32 valence electrons. The molecular formula is CN2O3. The Kier molecular flexibility index (Phi) is 99.4. The Labute approximate surface area is 32.8 Å². The Bertz CT molecular complexity index is 75.3. The Hall–Kier alpha value is -1.40. The lowest BCUT2D eigenvalue weighted by atomic mass is 11.8. The van der Waals surface area contributed by atoms with Crippen molar-refractivity contribution in [2.24, 2.45) is 0 Å². The van der Waals surface area contributed by atoms with Crippen molar-refractivity contribution in [1.29, 1.82) is 5.39 Å². The normalized spacial score (nSPS) is 2.50. The zero-order chi connectivity index (χ0) is 5.41. The van der Waals surface area contributed by atoms with Crippen LogP contribution in [0.25, 0.3) is 5.14 Å². The molecule has 0 bridgehead atoms. The van der Waals surface area contributed by atoms with Crippen LogP contribution in [0.4, 0.5) is 0 Å². The topological polar surface area (TPSA) is 85.3 Å². The van der Waals surface area contributed by atoms with Gasteiger partial charge in [0.15, 0.2) is 0 Å². The fourth-order valence-electron chi connectivity index (χ4n) is 0. The first kappa shape index (κ1) is 8.82. The molecule has 0 radical (unpaired) electrons. The molecule has 0 aromatic heterocycles. The predicted molar refractivity (Wildman–Crippen MR) is 13.5 cm³/mol. The first-order chi connectivity index (χ1) is 2.83. The van der Waals surface area contributed by atoms with E-state index in [1.165, 1.54) is 5.14 Å². The summed E-state index contributed by atoms with van der Waals surface area (Å²) in [6.45, 7) is 0. The van der Waals surface area contributed by atoms with E-state index in [2.05, 4.69) is 0 Å². The molecule has 0 aromatic carbocycles. The van der Waals surface area contributed by atoms with Crippen LogP contribution in [0.3, 0.4) is 0 Å². The van der Waals surface area contributed by atoms with Gasteiger partial charge in [-0.2, -0.15) is 9.59 Å². The van der Waals surface area contributed by atoms with Crippen LogP contribution in [-0.2, 0) is 9.59 Å². The smallest absolute Gasteiger partial charge is 0.373 e. The van der Waals surface area contributed by atoms with E-state index in [4.69, 9.17) is 20.2 Å². The van der Waals surface area contributed by atoms with E-state index in [0.29, 0.717) is 0 Å². The summed E-state index contributed by atoms with van der Waals surface area (Å²) in [4.78, 5) is 16.2. The fraction of sp³-hybridized carbons (Fsp3) is 0. The van der Waals surface area contributed by atoms with Gasteiger partial charge in [0.2, 0.25) is 10.5 Å². The number of diazo groups is 1. The molecule has 5 heteroatoms. The molecule has 6 heavy (non-hydrogen) atoms. The zero-order valence-corrected chi connectivity index (χ0v) is 2.62. The van der Waals surface area contributed by atoms with Gasteiger partial charge in [0.05, 0.1) is 0 Å². The van der Waals surface area contributed by atoms with Crippen molar-refractivity contribution in [3.8, 4) is 0 Å². The van der Waals surface area contributed by atoms with Crippen LogP contribution in [0.15, 0.2) is 0 Å². The number of hydrogen-bond donors (Lipinski definition) is 0. The van der Waals surface area contributed by atoms with Crippen molar-refractivity contribution >= 4 is 6.15 Å². The minimum Gasteiger partial charge on any atom is -0.463 e. The van der Waals surface area contributed by atoms with Gasteiger partial charge in [-0.3, -0.25) is 0 Å². The summed E-state index contributed by atoms with van der Waals surface area (Å²) in [5, 5.41) is 16.0. The van der Waals surface area contributed by atoms with Crippen LogP contribution in [0, 0.1) is 10.6 Å². The molecule has 0 aliphatic heterocycles. The lowest BCUT2D eigenvalue weighted by molar-refractivity contribution is -0.191. The first-order valence-corrected chi connectivity index (χ1v) is 0.791. The molecular weight excluding hydrogens is 88.0 g/mol. The molecule has 0 saturated carbocycles. The summed E-state index contributed by atoms with van der Waals surface area (Å²) in [6, 6.07) is 0. The summed E-state index contributed by atoms with van der Waals surface area (Å²) in [7, 11) is 0. The maximum atomic E-state index is 8.12. The van der Waals surface area contributed by atoms with Gasteiger partial charge in [-0.1, -0.05) is 0 Å². The Morgan fingerprint density at radius 3 is 1.67 bits per heavy atom. The van der Waals surface area contributed by atoms with Gasteiger partial charge in [0.1, 0.15) is 0 Å². The van der Waals surface area contributed by atoms with Gasteiger partial charge in [-0.05, 0) is 0 Å². The third-order valence-electron chi connectivity index (χ3n) is 0. The van der Waals surface area contributed by atoms with Crippen LogP contribution in [0.1, 0.15) is 0 Å². The summed E-state index contributed by atoms with van der Waals surface area (Å²) in [5.41, 5.74) is 0. The van der Waals surface area contributed by atoms with E-state index in [0.717, 1.165) is 0 Å². The van der Waals surface area contributed by atoms with Crippen molar-refractivity contribution in [3.05, 3.63) is 10.3 Å². The third kappa shape index (κ3) is 3.40. The molecule has 0 aromatic rings. The highest BCUT2D eigenvalue weighted by molar-refractivity contribution is 5.20. The zero-order valence-electron chi connectivity index (χ0n) is 2.62. The fourth-order valence-corrected chi connectivity index (χ4v) is 0. The van der Waals surface area contributed by atoms with Gasteiger partial charge in [-0.25, -0.2) is 0 Å². The molecule has 0 atom stereocenters. The van der Waals surface area contributed by atoms with Crippen LogP contribution >= 0.6 is 0 Å². The second kappa shape index (κ2) is 67.6. The average Bonchev–Trinajstić information content (AvgIpc) is 1.39. The largest absolute Gasteiger partial charge is 0.463 e. The SMILES string of the molecule is N#[N+][O-].O=C=O. The van der Waals surface area contributed by atoms with E-state index < -0.39 is 0 Å². The first-order valence-electron chi connectivity index (χ1n) is 0.791. The van der Waals surface area contributed by atoms with E-state index in [-0.39, 0.29) is 6.15 Å². The summed E-state index contributed by atoms with van der Waals surface area (Å²) >= 11 is 0. The Morgan fingerprint density at radius 2 is 1.67 bits per heavy atom. The molecule has 0 aliphatic rings. The summed E-state index contributed by atoms with van der Waals surface area (Å²) in [5.74, 6) is 0. The Morgan fingerprint density at radius 1 is 1.67 bits per heavy atom. The summed E-state index contributed by atoms with van der Waals surface area (Å²) < 4.78 is 0. The molecule has 0 unspecified atom stereocenters. The third-order valence-corrected chi connectivity index (χ3v) is 0. The van der Waals surface area contributed by atoms with Crippen molar-refractivity contribution in [3.63, 3.8) is 0 Å². The van der Waals surface area contributed by atoms with Crippen LogP contribution in [0.2, 0.25) is 0 Å². The maximum absolute atomic E-state index is 8.12. The molecule has 0 spiro atoms. The standard InChI is InChI=1S/CO2.N2O/c2-1-3;1-2-3. The number of carbonyl (C=O) groups excluding carboxylic acids is 2. The number of hydrogen-bond acceptors (Lipinski definition) is 4. The molecule has 0 N–H and O–H groups in total. The molecule has 0 aliphatic carbocycles. The predicted octanol–water partition coefficient (Wildman–Crippen LogP) is -0.246. The second-order valence-corrected chi connectivity index (χ2v) is 0.165. The molecule has 0 amide bonds. The lowest BCUT2D eigenvalue weighted by Crippen LogP contribution is -1.22. The summed E-state index contributed by atoms with van der Waals surface area (Å²) in [6.07, 6.45) is 0.250. The minimum atomic E-state index is 0.250. The molecule has 0 fully saturated rings. The van der Waals surface area contributed by atoms with E-state index in [9.17, 15) is 0 Å². The van der Waals surface area contributed by atoms with E-state index >= 15 is 0 Å². The van der Waals surface area contributed by atoms with Gasteiger partial charge in [-0.15, -0.1) is 0 Å². The van der Waals surface area contributed by atoms with Crippen molar-refractivity contribution < 1.29 is 9.59 Å². The minimum absolute atomic E-state index is 0.250. The van der Waals surface area contributed by atoms with Crippen LogP contribution in [0.5, 0.6) is 0 Å². The quantitative estimate of drug-likeness (QED) is 0.302. The van der Waals surface area contributed by atoms with Crippen molar-refractivity contribution in [1.82, 2.24) is 0 Å². The monoisotopic (exact) mass is 88.0 g/mol. The molecule has 0 heterocycles. The highest BCUT2D eigenvalue weighted by Gasteiger charge is 1.19. The average molecular weight is 88.0 g/mol. The second-order valence-electron chi connectivity index (χ2n) is 0.165. The van der Waals surface area contributed by atoms with Gasteiger partial charge >= 0.3 is 6.15 Å². The highest BCUT2D eigenvalue weighted by Crippen LogP contribution is 1.32.